The van der Waals surface area contributed by atoms with E-state index in [2.05, 4.69) is 0 Å². The summed E-state index contributed by atoms with van der Waals surface area (Å²) in [6, 6.07) is 19.5. The fourth-order valence-electron chi connectivity index (χ4n) is 5.73. The van der Waals surface area contributed by atoms with Crippen LogP contribution in [-0.4, -0.2) is 63.2 Å². The lowest BCUT2D eigenvalue weighted by Gasteiger charge is -2.53. The Hall–Kier alpha value is -2.78. The van der Waals surface area contributed by atoms with E-state index in [9.17, 15) is 9.59 Å². The third-order valence-electron chi connectivity index (χ3n) is 8.01. The highest BCUT2D eigenvalue weighted by atomic mass is 16.8. The molecule has 2 aromatic rings. The zero-order valence-corrected chi connectivity index (χ0v) is 20.9. The van der Waals surface area contributed by atoms with E-state index in [1.54, 1.807) is 13.8 Å². The second kappa shape index (κ2) is 9.59. The molecular formula is C28H32O8. The monoisotopic (exact) mass is 496 g/mol. The minimum absolute atomic E-state index is 0.0689. The van der Waals surface area contributed by atoms with Crippen LogP contribution in [0.5, 0.6) is 0 Å². The third kappa shape index (κ3) is 4.02. The number of fused-ring (bicyclic) bond motifs is 2. The number of benzene rings is 2. The van der Waals surface area contributed by atoms with E-state index in [-0.39, 0.29) is 25.0 Å². The van der Waals surface area contributed by atoms with Crippen molar-refractivity contribution in [3.63, 3.8) is 0 Å². The van der Waals surface area contributed by atoms with E-state index >= 15 is 0 Å². The molecule has 8 atom stereocenters. The summed E-state index contributed by atoms with van der Waals surface area (Å²) in [6.07, 6.45) is -1.43. The number of carbonyl (C=O) groups excluding carboxylic acids is 2. The molecule has 0 spiro atoms. The molecule has 0 unspecified atom stereocenters. The average Bonchev–Trinajstić information content (AvgIpc) is 2.88. The molecule has 8 nitrogen and oxygen atoms in total. The first-order valence-corrected chi connectivity index (χ1v) is 12.2. The number of esters is 2. The van der Waals surface area contributed by atoms with Crippen LogP contribution in [0.3, 0.4) is 0 Å². The number of cyclic esters (lactones) is 2. The Labute approximate surface area is 210 Å². The Morgan fingerprint density at radius 2 is 1.00 bits per heavy atom. The molecule has 0 amide bonds. The second-order valence-corrected chi connectivity index (χ2v) is 9.80. The van der Waals surface area contributed by atoms with Gasteiger partial charge in [-0.05, 0) is 25.0 Å². The van der Waals surface area contributed by atoms with E-state index in [1.807, 2.05) is 60.7 Å². The first-order chi connectivity index (χ1) is 17.3. The molecule has 0 radical (unpaired) electrons. The predicted octanol–water partition coefficient (Wildman–Crippen LogP) is 3.41. The van der Waals surface area contributed by atoms with Crippen molar-refractivity contribution in [2.24, 2.45) is 11.8 Å². The molecule has 3 fully saturated rings. The average molecular weight is 497 g/mol. The van der Waals surface area contributed by atoms with Crippen LogP contribution in [0.25, 0.3) is 0 Å². The van der Waals surface area contributed by atoms with Crippen molar-refractivity contribution in [1.29, 1.82) is 0 Å². The van der Waals surface area contributed by atoms with Crippen molar-refractivity contribution in [2.45, 2.75) is 49.5 Å². The van der Waals surface area contributed by atoms with Crippen LogP contribution in [0.1, 0.15) is 36.8 Å². The van der Waals surface area contributed by atoms with Gasteiger partial charge < -0.3 is 28.4 Å². The van der Waals surface area contributed by atoms with Gasteiger partial charge in [-0.1, -0.05) is 60.7 Å². The summed E-state index contributed by atoms with van der Waals surface area (Å²) in [5.74, 6) is -5.26. The third-order valence-corrected chi connectivity index (χ3v) is 8.01. The molecule has 1 saturated carbocycles. The maximum atomic E-state index is 13.5. The molecule has 5 rings (SSSR count). The van der Waals surface area contributed by atoms with Crippen molar-refractivity contribution in [3.8, 4) is 0 Å². The van der Waals surface area contributed by atoms with E-state index in [0.29, 0.717) is 0 Å². The summed E-state index contributed by atoms with van der Waals surface area (Å²) < 4.78 is 35.1. The molecule has 2 aliphatic heterocycles. The van der Waals surface area contributed by atoms with Crippen LogP contribution in [0.2, 0.25) is 0 Å². The SMILES string of the molecule is CO[C@@]1(C)O[C@H]2COC(=O)[C@@H]3[C@H](C(=O)OC[C@@H]2O[C@]1(C)OC)[C@@H](c1ccccc1)[C@H]3c1ccccc1. The Bertz CT molecular complexity index is 1000. The highest BCUT2D eigenvalue weighted by Crippen LogP contribution is 2.58. The van der Waals surface area contributed by atoms with E-state index in [1.165, 1.54) is 14.2 Å². The van der Waals surface area contributed by atoms with Crippen molar-refractivity contribution >= 4 is 11.9 Å². The second-order valence-electron chi connectivity index (χ2n) is 9.80. The van der Waals surface area contributed by atoms with Gasteiger partial charge in [0.25, 0.3) is 0 Å². The standard InChI is InChI=1S/C28H32O8/c1-27(31-3)28(2,32-4)36-20-16-34-26(30)24-22(18-13-9-6-10-14-18)21(17-11-7-5-8-12-17)23(24)25(29)33-15-19(20)35-27/h5-14,19-24H,15-16H2,1-4H3/t19-,20-,21-,22+,23+,24-,27-,28-/m0/s1. The fourth-order valence-corrected chi connectivity index (χ4v) is 5.73. The Morgan fingerprint density at radius 1 is 0.639 bits per heavy atom. The number of methoxy groups -OCH3 is 2. The van der Waals surface area contributed by atoms with Gasteiger partial charge in [-0.25, -0.2) is 0 Å². The van der Waals surface area contributed by atoms with Gasteiger partial charge in [-0.2, -0.15) is 0 Å². The molecule has 0 N–H and O–H groups in total. The number of ether oxygens (including phenoxy) is 6. The summed E-state index contributed by atoms with van der Waals surface area (Å²) >= 11 is 0. The van der Waals surface area contributed by atoms with Gasteiger partial charge >= 0.3 is 11.9 Å². The summed E-state index contributed by atoms with van der Waals surface area (Å²) in [5.41, 5.74) is 1.96. The summed E-state index contributed by atoms with van der Waals surface area (Å²) in [4.78, 5) is 27.0. The molecule has 8 heteroatoms. The number of hydrogen-bond acceptors (Lipinski definition) is 8. The molecule has 3 aliphatic rings. The number of rotatable bonds is 4. The smallest absolute Gasteiger partial charge is 0.310 e. The van der Waals surface area contributed by atoms with E-state index in [0.717, 1.165) is 11.1 Å². The summed E-state index contributed by atoms with van der Waals surface area (Å²) in [5, 5.41) is 0. The zero-order valence-electron chi connectivity index (χ0n) is 20.9. The zero-order chi connectivity index (χ0) is 25.5. The molecule has 36 heavy (non-hydrogen) atoms. The van der Waals surface area contributed by atoms with Crippen LogP contribution in [-0.2, 0) is 38.0 Å². The van der Waals surface area contributed by atoms with Crippen molar-refractivity contribution in [3.05, 3.63) is 71.8 Å². The van der Waals surface area contributed by atoms with Gasteiger partial charge in [0.15, 0.2) is 0 Å². The lowest BCUT2D eigenvalue weighted by Crippen LogP contribution is -2.67. The minimum atomic E-state index is -1.27. The molecular weight excluding hydrogens is 464 g/mol. The highest BCUT2D eigenvalue weighted by Gasteiger charge is 2.61. The summed E-state index contributed by atoms with van der Waals surface area (Å²) in [6.45, 7) is 3.25. The lowest BCUT2D eigenvalue weighted by atomic mass is 9.52. The van der Waals surface area contributed by atoms with Gasteiger partial charge in [0.05, 0.1) is 11.8 Å². The summed E-state index contributed by atoms with van der Waals surface area (Å²) in [7, 11) is 2.97. The molecule has 0 bridgehead atoms. The van der Waals surface area contributed by atoms with Gasteiger partial charge in [0.1, 0.15) is 25.4 Å². The normalized spacial score (nSPS) is 38.6. The van der Waals surface area contributed by atoms with Crippen LogP contribution in [0.15, 0.2) is 60.7 Å². The molecule has 2 aromatic carbocycles. The Balaban J connectivity index is 1.48. The van der Waals surface area contributed by atoms with Gasteiger partial charge in [0.2, 0.25) is 11.6 Å². The number of carbonyl (C=O) groups is 2. The van der Waals surface area contributed by atoms with Gasteiger partial charge in [0, 0.05) is 26.1 Å². The Morgan fingerprint density at radius 3 is 1.33 bits per heavy atom. The van der Waals surface area contributed by atoms with Crippen LogP contribution in [0, 0.1) is 11.8 Å². The van der Waals surface area contributed by atoms with Gasteiger partial charge in [-0.3, -0.25) is 9.59 Å². The lowest BCUT2D eigenvalue weighted by molar-refractivity contribution is -0.451. The van der Waals surface area contributed by atoms with E-state index < -0.39 is 47.6 Å². The molecule has 2 saturated heterocycles. The van der Waals surface area contributed by atoms with E-state index in [4.69, 9.17) is 28.4 Å². The van der Waals surface area contributed by atoms with Crippen LogP contribution >= 0.6 is 0 Å². The van der Waals surface area contributed by atoms with Crippen molar-refractivity contribution < 1.29 is 38.0 Å². The van der Waals surface area contributed by atoms with Crippen LogP contribution in [0.4, 0.5) is 0 Å². The van der Waals surface area contributed by atoms with Crippen molar-refractivity contribution in [1.82, 2.24) is 0 Å². The fraction of sp³-hybridized carbons (Fsp3) is 0.500. The maximum absolute atomic E-state index is 13.5. The first-order valence-electron chi connectivity index (χ1n) is 12.2. The number of hydrogen-bond donors (Lipinski definition) is 0. The molecule has 1 aliphatic carbocycles. The van der Waals surface area contributed by atoms with Gasteiger partial charge in [-0.15, -0.1) is 0 Å². The minimum Gasteiger partial charge on any atom is -0.463 e. The molecule has 192 valence electrons. The molecule has 2 heterocycles. The first kappa shape index (κ1) is 24.9. The largest absolute Gasteiger partial charge is 0.463 e. The quantitative estimate of drug-likeness (QED) is 0.595. The molecule has 0 aromatic heterocycles. The maximum Gasteiger partial charge on any atom is 0.310 e. The van der Waals surface area contributed by atoms with Crippen molar-refractivity contribution in [2.75, 3.05) is 27.4 Å². The highest BCUT2D eigenvalue weighted by molar-refractivity contribution is 5.87. The van der Waals surface area contributed by atoms with Crippen LogP contribution < -0.4 is 0 Å². The topological polar surface area (TPSA) is 89.5 Å². The Kier molecular flexibility index (Phi) is 6.63. The predicted molar refractivity (Wildman–Crippen MR) is 128 cm³/mol.